The molecular formula is C16H26N2. The highest BCUT2D eigenvalue weighted by molar-refractivity contribution is 5.14. The van der Waals surface area contributed by atoms with Crippen LogP contribution in [-0.4, -0.2) is 11.0 Å². The van der Waals surface area contributed by atoms with Crippen molar-refractivity contribution in [3.8, 4) is 0 Å². The normalized spacial score (nSPS) is 18.1. The van der Waals surface area contributed by atoms with Crippen LogP contribution in [0.5, 0.6) is 0 Å². The minimum Gasteiger partial charge on any atom is -0.327 e. The molecule has 0 radical (unpaired) electrons. The molecule has 0 aromatic carbocycles. The third-order valence-electron chi connectivity index (χ3n) is 4.19. The summed E-state index contributed by atoms with van der Waals surface area (Å²) in [6, 6.07) is 4.59. The Labute approximate surface area is 111 Å². The first kappa shape index (κ1) is 13.5. The summed E-state index contributed by atoms with van der Waals surface area (Å²) in [5, 5.41) is 0. The van der Waals surface area contributed by atoms with Crippen LogP contribution in [0.25, 0.3) is 0 Å². The van der Waals surface area contributed by atoms with Gasteiger partial charge in [0.15, 0.2) is 0 Å². The quantitative estimate of drug-likeness (QED) is 0.834. The molecule has 1 aliphatic rings. The number of rotatable bonds is 6. The molecule has 1 aromatic rings. The average molecular weight is 246 g/mol. The predicted molar refractivity (Wildman–Crippen MR) is 76.5 cm³/mol. The van der Waals surface area contributed by atoms with Crippen LogP contribution in [0.15, 0.2) is 18.3 Å². The molecule has 1 fully saturated rings. The van der Waals surface area contributed by atoms with Crippen molar-refractivity contribution < 1.29 is 0 Å². The lowest BCUT2D eigenvalue weighted by atomic mass is 9.97. The van der Waals surface area contributed by atoms with Gasteiger partial charge in [0, 0.05) is 24.4 Å². The van der Waals surface area contributed by atoms with Crippen molar-refractivity contribution in [1.82, 2.24) is 4.98 Å². The molecule has 0 spiro atoms. The van der Waals surface area contributed by atoms with Crippen molar-refractivity contribution >= 4 is 0 Å². The molecule has 18 heavy (non-hydrogen) atoms. The van der Waals surface area contributed by atoms with Gasteiger partial charge < -0.3 is 5.73 Å². The maximum Gasteiger partial charge on any atom is 0.0419 e. The zero-order chi connectivity index (χ0) is 12.8. The van der Waals surface area contributed by atoms with Crippen LogP contribution in [0.3, 0.4) is 0 Å². The number of nitrogens with zero attached hydrogens (tertiary/aromatic N) is 1. The van der Waals surface area contributed by atoms with Gasteiger partial charge in [-0.05, 0) is 36.8 Å². The fraction of sp³-hybridized carbons (Fsp3) is 0.688. The Morgan fingerprint density at radius 2 is 2.11 bits per heavy atom. The van der Waals surface area contributed by atoms with Crippen molar-refractivity contribution in [2.45, 2.75) is 64.3 Å². The van der Waals surface area contributed by atoms with Gasteiger partial charge in [0.2, 0.25) is 0 Å². The van der Waals surface area contributed by atoms with Crippen LogP contribution >= 0.6 is 0 Å². The van der Waals surface area contributed by atoms with E-state index in [0.29, 0.717) is 0 Å². The number of hydrogen-bond donors (Lipinski definition) is 1. The van der Waals surface area contributed by atoms with Crippen LogP contribution in [0.4, 0.5) is 0 Å². The fourth-order valence-electron chi connectivity index (χ4n) is 2.90. The van der Waals surface area contributed by atoms with Gasteiger partial charge in [-0.2, -0.15) is 0 Å². The van der Waals surface area contributed by atoms with Gasteiger partial charge in [-0.25, -0.2) is 0 Å². The van der Waals surface area contributed by atoms with E-state index in [0.717, 1.165) is 30.9 Å². The number of aryl methyl sites for hydroxylation is 1. The molecule has 1 saturated carbocycles. The molecule has 1 aliphatic carbocycles. The van der Waals surface area contributed by atoms with Crippen molar-refractivity contribution in [2.24, 2.45) is 11.7 Å². The first-order valence-electron chi connectivity index (χ1n) is 7.47. The molecule has 2 heteroatoms. The van der Waals surface area contributed by atoms with Crippen molar-refractivity contribution in [2.75, 3.05) is 0 Å². The second-order valence-corrected chi connectivity index (χ2v) is 5.70. The Morgan fingerprint density at radius 1 is 1.33 bits per heavy atom. The first-order chi connectivity index (χ1) is 8.78. The van der Waals surface area contributed by atoms with Crippen LogP contribution < -0.4 is 5.73 Å². The van der Waals surface area contributed by atoms with Crippen molar-refractivity contribution in [3.05, 3.63) is 29.6 Å². The summed E-state index contributed by atoms with van der Waals surface area (Å²) in [6.45, 7) is 2.16. The molecule has 0 bridgehead atoms. The largest absolute Gasteiger partial charge is 0.327 e. The summed E-state index contributed by atoms with van der Waals surface area (Å²) in [5.74, 6) is 0.950. The van der Waals surface area contributed by atoms with E-state index in [1.807, 2.05) is 6.20 Å². The van der Waals surface area contributed by atoms with Crippen LogP contribution in [-0.2, 0) is 12.8 Å². The van der Waals surface area contributed by atoms with E-state index in [9.17, 15) is 0 Å². The Kier molecular flexibility index (Phi) is 5.18. The topological polar surface area (TPSA) is 38.9 Å². The van der Waals surface area contributed by atoms with Crippen molar-refractivity contribution in [1.29, 1.82) is 0 Å². The van der Waals surface area contributed by atoms with Crippen molar-refractivity contribution in [3.63, 3.8) is 0 Å². The van der Waals surface area contributed by atoms with Gasteiger partial charge in [0.25, 0.3) is 0 Å². The van der Waals surface area contributed by atoms with Crippen LogP contribution in [0, 0.1) is 5.92 Å². The molecule has 1 aromatic heterocycles. The smallest absolute Gasteiger partial charge is 0.0419 e. The van der Waals surface area contributed by atoms with Gasteiger partial charge >= 0.3 is 0 Å². The maximum absolute atomic E-state index is 6.21. The predicted octanol–water partition coefficient (Wildman–Crippen LogP) is 3.48. The summed E-state index contributed by atoms with van der Waals surface area (Å²) < 4.78 is 0. The Bertz CT molecular complexity index is 339. The number of nitrogens with two attached hydrogens (primary N) is 1. The molecule has 100 valence electrons. The molecule has 1 unspecified atom stereocenters. The van der Waals surface area contributed by atoms with E-state index in [1.54, 1.807) is 0 Å². The average Bonchev–Trinajstić information content (AvgIpc) is 2.90. The summed E-state index contributed by atoms with van der Waals surface area (Å²) >= 11 is 0. The molecule has 2 nitrogen and oxygen atoms in total. The summed E-state index contributed by atoms with van der Waals surface area (Å²) in [7, 11) is 0. The highest BCUT2D eigenvalue weighted by Gasteiger charge is 2.16. The third-order valence-corrected chi connectivity index (χ3v) is 4.19. The molecule has 2 rings (SSSR count). The highest BCUT2D eigenvalue weighted by atomic mass is 14.7. The Morgan fingerprint density at radius 3 is 2.72 bits per heavy atom. The van der Waals surface area contributed by atoms with Gasteiger partial charge in [-0.1, -0.05) is 38.7 Å². The molecular weight excluding hydrogens is 220 g/mol. The standard InChI is InChI=1S/C16H26N2/c1-2-13-8-10-16(18-12-13)11-15(17)9-7-14-5-3-4-6-14/h8,10,12,14-15H,2-7,9,11,17H2,1H3. The molecule has 1 atom stereocenters. The lowest BCUT2D eigenvalue weighted by Crippen LogP contribution is -2.24. The second kappa shape index (κ2) is 6.89. The number of hydrogen-bond acceptors (Lipinski definition) is 2. The monoisotopic (exact) mass is 246 g/mol. The van der Waals surface area contributed by atoms with Crippen LogP contribution in [0.2, 0.25) is 0 Å². The van der Waals surface area contributed by atoms with Gasteiger partial charge in [-0.15, -0.1) is 0 Å². The van der Waals surface area contributed by atoms with Gasteiger partial charge in [-0.3, -0.25) is 4.98 Å². The second-order valence-electron chi connectivity index (χ2n) is 5.70. The summed E-state index contributed by atoms with van der Waals surface area (Å²) in [4.78, 5) is 4.49. The highest BCUT2D eigenvalue weighted by Crippen LogP contribution is 2.28. The SMILES string of the molecule is CCc1ccc(CC(N)CCC2CCCC2)nc1. The zero-order valence-electron chi connectivity index (χ0n) is 11.6. The van der Waals surface area contributed by atoms with E-state index in [-0.39, 0.29) is 6.04 Å². The Hall–Kier alpha value is -0.890. The zero-order valence-corrected chi connectivity index (χ0v) is 11.6. The molecule has 2 N–H and O–H groups in total. The molecule has 0 amide bonds. The molecule has 0 aliphatic heterocycles. The maximum atomic E-state index is 6.21. The van der Waals surface area contributed by atoms with Crippen LogP contribution in [0.1, 0.15) is 56.7 Å². The Balaban J connectivity index is 1.73. The summed E-state index contributed by atoms with van der Waals surface area (Å²) in [6.07, 6.45) is 12.2. The van der Waals surface area contributed by atoms with Gasteiger partial charge in [0.1, 0.15) is 0 Å². The third kappa shape index (κ3) is 4.09. The lowest BCUT2D eigenvalue weighted by Gasteiger charge is -2.14. The number of pyridine rings is 1. The minimum atomic E-state index is 0.283. The minimum absolute atomic E-state index is 0.283. The fourth-order valence-corrected chi connectivity index (χ4v) is 2.90. The van der Waals surface area contributed by atoms with E-state index in [1.165, 1.54) is 37.7 Å². The van der Waals surface area contributed by atoms with E-state index in [4.69, 9.17) is 5.73 Å². The first-order valence-corrected chi connectivity index (χ1v) is 7.47. The van der Waals surface area contributed by atoms with E-state index >= 15 is 0 Å². The van der Waals surface area contributed by atoms with E-state index in [2.05, 4.69) is 24.0 Å². The number of aromatic nitrogens is 1. The molecule has 0 saturated heterocycles. The van der Waals surface area contributed by atoms with E-state index < -0.39 is 0 Å². The summed E-state index contributed by atoms with van der Waals surface area (Å²) in [5.41, 5.74) is 8.66. The lowest BCUT2D eigenvalue weighted by molar-refractivity contribution is 0.446. The molecule has 1 heterocycles. The van der Waals surface area contributed by atoms with Gasteiger partial charge in [0.05, 0.1) is 0 Å².